The maximum atomic E-state index is 16.8. The van der Waals surface area contributed by atoms with Gasteiger partial charge in [0.15, 0.2) is 5.82 Å². The number of benzene rings is 1. The van der Waals surface area contributed by atoms with Crippen LogP contribution >= 0.6 is 0 Å². The van der Waals surface area contributed by atoms with E-state index in [-0.39, 0.29) is 40.5 Å². The van der Waals surface area contributed by atoms with Crippen LogP contribution in [0.3, 0.4) is 0 Å². The number of aromatic amines is 1. The molecule has 4 aliphatic rings. The van der Waals surface area contributed by atoms with Crippen LogP contribution < -0.4 is 15.2 Å². The number of hydrogen-bond acceptors (Lipinski definition) is 8. The molecular formula is C33H33FN6O3. The van der Waals surface area contributed by atoms with Gasteiger partial charge in [-0.3, -0.25) is 14.7 Å². The molecule has 1 aromatic carbocycles. The minimum atomic E-state index is -0.639. The molecule has 0 amide bonds. The molecule has 2 bridgehead atoms. The maximum Gasteiger partial charge on any atom is 0.319 e. The first kappa shape index (κ1) is 26.5. The first-order valence-electron chi connectivity index (χ1n) is 15.2. The number of morpholine rings is 1. The van der Waals surface area contributed by atoms with Crippen molar-refractivity contribution >= 4 is 27.6 Å². The summed E-state index contributed by atoms with van der Waals surface area (Å²) in [6.07, 6.45) is 14.2. The summed E-state index contributed by atoms with van der Waals surface area (Å²) in [5.41, 5.74) is 2.02. The highest BCUT2D eigenvalue weighted by molar-refractivity contribution is 6.00. The van der Waals surface area contributed by atoms with Gasteiger partial charge in [0.2, 0.25) is 5.56 Å². The second-order valence-corrected chi connectivity index (χ2v) is 12.5. The van der Waals surface area contributed by atoms with Gasteiger partial charge < -0.3 is 19.4 Å². The first-order chi connectivity index (χ1) is 20.9. The number of rotatable bonds is 5. The largest absolute Gasteiger partial charge is 0.461 e. The van der Waals surface area contributed by atoms with Gasteiger partial charge in [0, 0.05) is 41.9 Å². The number of anilines is 1. The van der Waals surface area contributed by atoms with E-state index in [4.69, 9.17) is 20.9 Å². The van der Waals surface area contributed by atoms with Gasteiger partial charge in [0.25, 0.3) is 0 Å². The molecule has 4 aliphatic heterocycles. The molecule has 4 saturated heterocycles. The van der Waals surface area contributed by atoms with Gasteiger partial charge in [-0.25, -0.2) is 4.39 Å². The van der Waals surface area contributed by atoms with E-state index in [9.17, 15) is 4.79 Å². The molecule has 4 aromatic rings. The lowest BCUT2D eigenvalue weighted by Gasteiger charge is -2.34. The number of terminal acetylenes is 1. The van der Waals surface area contributed by atoms with Crippen LogP contribution in [0.4, 0.5) is 10.2 Å². The third kappa shape index (κ3) is 4.28. The molecule has 0 radical (unpaired) electrons. The predicted molar refractivity (Wildman–Crippen MR) is 162 cm³/mol. The number of pyridine rings is 2. The summed E-state index contributed by atoms with van der Waals surface area (Å²) in [5, 5.41) is 1.07. The van der Waals surface area contributed by atoms with E-state index in [1.165, 1.54) is 6.07 Å². The van der Waals surface area contributed by atoms with Gasteiger partial charge in [-0.15, -0.1) is 6.42 Å². The number of fused-ring (bicyclic) bond motifs is 5. The second-order valence-electron chi connectivity index (χ2n) is 12.5. The quantitative estimate of drug-likeness (QED) is 0.349. The normalized spacial score (nSPS) is 22.8. The van der Waals surface area contributed by atoms with E-state index in [0.717, 1.165) is 57.2 Å². The monoisotopic (exact) mass is 580 g/mol. The van der Waals surface area contributed by atoms with Crippen molar-refractivity contribution in [2.45, 2.75) is 63.2 Å². The van der Waals surface area contributed by atoms with Crippen molar-refractivity contribution < 1.29 is 13.9 Å². The number of hydrogen-bond donors (Lipinski definition) is 1. The van der Waals surface area contributed by atoms with Crippen LogP contribution in [0.1, 0.15) is 49.7 Å². The second kappa shape index (κ2) is 10.00. The van der Waals surface area contributed by atoms with Crippen LogP contribution in [0.5, 0.6) is 6.01 Å². The number of nitrogens with zero attached hydrogens (tertiary/aromatic N) is 5. The third-order valence-corrected chi connectivity index (χ3v) is 9.88. The average Bonchev–Trinajstić information content (AvgIpc) is 3.69. The molecule has 1 N–H and O–H groups in total. The van der Waals surface area contributed by atoms with Crippen LogP contribution in [-0.2, 0) is 4.74 Å². The Morgan fingerprint density at radius 2 is 1.95 bits per heavy atom. The summed E-state index contributed by atoms with van der Waals surface area (Å²) in [7, 11) is 0. The van der Waals surface area contributed by atoms with Crippen LogP contribution in [0, 0.1) is 25.1 Å². The third-order valence-electron chi connectivity index (χ3n) is 9.88. The Morgan fingerprint density at radius 3 is 2.70 bits per heavy atom. The van der Waals surface area contributed by atoms with E-state index >= 15 is 4.39 Å². The molecule has 43 heavy (non-hydrogen) atoms. The van der Waals surface area contributed by atoms with Crippen LogP contribution in [-0.4, -0.2) is 75.4 Å². The fourth-order valence-electron chi connectivity index (χ4n) is 7.80. The molecule has 220 valence electrons. The minimum Gasteiger partial charge on any atom is -0.461 e. The smallest absolute Gasteiger partial charge is 0.319 e. The zero-order chi connectivity index (χ0) is 29.3. The zero-order valence-corrected chi connectivity index (χ0v) is 24.2. The molecule has 2 atom stereocenters. The lowest BCUT2D eigenvalue weighted by atomic mass is 9.95. The van der Waals surface area contributed by atoms with Crippen molar-refractivity contribution in [1.82, 2.24) is 24.8 Å². The van der Waals surface area contributed by atoms with Gasteiger partial charge in [-0.1, -0.05) is 12.0 Å². The number of ether oxygens (including phenoxy) is 2. The van der Waals surface area contributed by atoms with Gasteiger partial charge in [0.1, 0.15) is 23.6 Å². The zero-order valence-electron chi connectivity index (χ0n) is 24.2. The lowest BCUT2D eigenvalue weighted by molar-refractivity contribution is 0.0302. The van der Waals surface area contributed by atoms with E-state index in [1.54, 1.807) is 12.3 Å². The van der Waals surface area contributed by atoms with Crippen molar-refractivity contribution in [1.29, 1.82) is 0 Å². The number of H-pyrrole nitrogens is 1. The highest BCUT2D eigenvalue weighted by Gasteiger charge is 2.45. The summed E-state index contributed by atoms with van der Waals surface area (Å²) >= 11 is 0. The molecule has 7 heterocycles. The number of nitrogens with one attached hydrogen (secondary N) is 1. The SMILES string of the molecule is C#Cc1c(C)ccc2[nH]c(=O)cc(-c3ncc4c(N5CC6CCC(C5)O6)nc(OCC56CCCN5CCC6)nc4c3F)c12. The molecular weight excluding hydrogens is 547 g/mol. The summed E-state index contributed by atoms with van der Waals surface area (Å²) in [4.78, 5) is 34.3. The molecule has 9 nitrogen and oxygen atoms in total. The van der Waals surface area contributed by atoms with Gasteiger partial charge >= 0.3 is 6.01 Å². The van der Waals surface area contributed by atoms with Crippen LogP contribution in [0.25, 0.3) is 33.1 Å². The Bertz CT molecular complexity index is 1860. The Kier molecular flexibility index (Phi) is 6.17. The Balaban J connectivity index is 1.29. The predicted octanol–water partition coefficient (Wildman–Crippen LogP) is 4.34. The van der Waals surface area contributed by atoms with Crippen molar-refractivity contribution in [3.63, 3.8) is 0 Å². The number of halogens is 1. The highest BCUT2D eigenvalue weighted by atomic mass is 19.1. The van der Waals surface area contributed by atoms with Crippen molar-refractivity contribution in [2.24, 2.45) is 0 Å². The summed E-state index contributed by atoms with van der Waals surface area (Å²) in [6.45, 7) is 5.84. The topological polar surface area (TPSA) is 96.5 Å². The molecule has 0 saturated carbocycles. The Labute approximate surface area is 248 Å². The lowest BCUT2D eigenvalue weighted by Crippen LogP contribution is -2.44. The molecule has 4 fully saturated rings. The molecule has 10 heteroatoms. The van der Waals surface area contributed by atoms with Crippen molar-refractivity contribution in [3.8, 4) is 29.6 Å². The fraction of sp³-hybridized carbons (Fsp3) is 0.455. The molecule has 2 unspecified atom stereocenters. The highest BCUT2D eigenvalue weighted by Crippen LogP contribution is 2.40. The van der Waals surface area contributed by atoms with Crippen LogP contribution in [0.2, 0.25) is 0 Å². The van der Waals surface area contributed by atoms with Gasteiger partial charge in [-0.05, 0) is 70.2 Å². The van der Waals surface area contributed by atoms with Crippen molar-refractivity contribution in [2.75, 3.05) is 37.7 Å². The van der Waals surface area contributed by atoms with Crippen molar-refractivity contribution in [3.05, 3.63) is 51.7 Å². The average molecular weight is 581 g/mol. The fourth-order valence-corrected chi connectivity index (χ4v) is 7.80. The number of aryl methyl sites for hydroxylation is 1. The van der Waals surface area contributed by atoms with E-state index < -0.39 is 5.82 Å². The van der Waals surface area contributed by atoms with E-state index in [1.807, 2.05) is 13.0 Å². The number of aromatic nitrogens is 4. The van der Waals surface area contributed by atoms with E-state index in [0.29, 0.717) is 52.9 Å². The van der Waals surface area contributed by atoms with Crippen LogP contribution in [0.15, 0.2) is 29.2 Å². The molecule has 8 rings (SSSR count). The van der Waals surface area contributed by atoms with E-state index in [2.05, 4.69) is 30.7 Å². The molecule has 0 aliphatic carbocycles. The summed E-state index contributed by atoms with van der Waals surface area (Å²) in [6, 6.07) is 5.13. The Hall–Kier alpha value is -4.07. The van der Waals surface area contributed by atoms with Gasteiger partial charge in [0.05, 0.1) is 28.6 Å². The van der Waals surface area contributed by atoms with Gasteiger partial charge in [-0.2, -0.15) is 9.97 Å². The molecule has 0 spiro atoms. The Morgan fingerprint density at radius 1 is 1.19 bits per heavy atom. The standard InChI is InChI=1S/C33H33FN6O3/c1-3-22-19(2)6-9-25-27(22)23(14-26(41)36-25)29-28(34)30-24(15-35-29)31(39-16-20-7-8-21(17-39)43-20)38-32(37-30)42-18-33-10-4-12-40(33)13-5-11-33/h1,6,9,14-15,20-21H,4-5,7-8,10-13,16-18H2,2H3,(H,36,41). The maximum absolute atomic E-state index is 16.8. The summed E-state index contributed by atoms with van der Waals surface area (Å²) < 4.78 is 29.2. The molecule has 3 aromatic heterocycles. The first-order valence-corrected chi connectivity index (χ1v) is 15.2. The summed E-state index contributed by atoms with van der Waals surface area (Å²) in [5.74, 6) is 2.68. The minimum absolute atomic E-state index is 0.00797.